The Morgan fingerprint density at radius 2 is 2.33 bits per heavy atom. The van der Waals surface area contributed by atoms with Crippen LogP contribution in [-0.4, -0.2) is 60.6 Å². The largest absolute Gasteiger partial charge is 0.368 e. The van der Waals surface area contributed by atoms with Gasteiger partial charge in [0.25, 0.3) is 5.91 Å². The second kappa shape index (κ2) is 9.99. The number of carbonyl (C=O) groups is 1. The third-order valence-electron chi connectivity index (χ3n) is 4.97. The maximum Gasteiger partial charge on any atom is 0.253 e. The minimum atomic E-state index is -0.311. The molecule has 148 valence electrons. The number of rotatable bonds is 5. The van der Waals surface area contributed by atoms with Crippen LogP contribution in [0.1, 0.15) is 31.7 Å². The summed E-state index contributed by atoms with van der Waals surface area (Å²) >= 11 is 2.05. The second-order valence-electron chi connectivity index (χ2n) is 6.94. The highest BCUT2D eigenvalue weighted by Gasteiger charge is 2.24. The van der Waals surface area contributed by atoms with E-state index in [1.807, 2.05) is 25.2 Å². The lowest BCUT2D eigenvalue weighted by Crippen LogP contribution is -2.47. The van der Waals surface area contributed by atoms with Crippen LogP contribution in [0.15, 0.2) is 29.3 Å². The number of ether oxygens (including phenoxy) is 1. The van der Waals surface area contributed by atoms with Crippen LogP contribution in [0.4, 0.5) is 5.69 Å². The molecule has 2 unspecified atom stereocenters. The molecule has 0 saturated carbocycles. The van der Waals surface area contributed by atoms with Gasteiger partial charge in [-0.3, -0.25) is 9.79 Å². The van der Waals surface area contributed by atoms with Crippen LogP contribution < -0.4 is 10.6 Å². The van der Waals surface area contributed by atoms with Crippen molar-refractivity contribution >= 4 is 29.3 Å². The minimum absolute atomic E-state index is 0.0511. The molecule has 3 rings (SSSR count). The number of guanidine groups is 1. The Kier molecular flexibility index (Phi) is 7.41. The number of benzene rings is 1. The van der Waals surface area contributed by atoms with E-state index < -0.39 is 0 Å². The molecule has 0 bridgehead atoms. The number of nitrogens with one attached hydrogen (secondary N) is 2. The number of nitrogens with zero attached hydrogens (tertiary/aromatic N) is 2. The molecule has 0 spiro atoms. The van der Waals surface area contributed by atoms with Crippen LogP contribution in [-0.2, 0) is 16.1 Å². The molecule has 1 amide bonds. The van der Waals surface area contributed by atoms with E-state index in [1.165, 1.54) is 6.42 Å². The van der Waals surface area contributed by atoms with E-state index in [4.69, 9.17) is 4.74 Å². The molecule has 6 nitrogen and oxygen atoms in total. The molecule has 7 heteroatoms. The Balaban J connectivity index is 1.54. The monoisotopic (exact) mass is 390 g/mol. The van der Waals surface area contributed by atoms with Gasteiger partial charge in [-0.05, 0) is 37.0 Å². The molecule has 2 saturated heterocycles. The Morgan fingerprint density at radius 1 is 1.44 bits per heavy atom. The molecule has 2 heterocycles. The summed E-state index contributed by atoms with van der Waals surface area (Å²) in [6, 6.07) is 7.95. The molecule has 0 aliphatic carbocycles. The van der Waals surface area contributed by atoms with Crippen LogP contribution in [0.3, 0.4) is 0 Å². The molecule has 1 aromatic rings. The smallest absolute Gasteiger partial charge is 0.253 e. The highest BCUT2D eigenvalue weighted by molar-refractivity contribution is 8.00. The molecule has 2 N–H and O–H groups in total. The van der Waals surface area contributed by atoms with E-state index in [-0.39, 0.29) is 12.0 Å². The van der Waals surface area contributed by atoms with Gasteiger partial charge in [-0.1, -0.05) is 19.1 Å². The molecule has 2 fully saturated rings. The summed E-state index contributed by atoms with van der Waals surface area (Å²) in [4.78, 5) is 19.0. The third-order valence-corrected chi connectivity index (χ3v) is 6.34. The lowest BCUT2D eigenvalue weighted by Gasteiger charge is -2.34. The molecule has 1 aromatic carbocycles. The van der Waals surface area contributed by atoms with Crippen LogP contribution in [0, 0.1) is 0 Å². The van der Waals surface area contributed by atoms with Gasteiger partial charge in [-0.15, -0.1) is 0 Å². The summed E-state index contributed by atoms with van der Waals surface area (Å²) in [6.07, 6.45) is 2.63. The fourth-order valence-electron chi connectivity index (χ4n) is 3.44. The predicted octanol–water partition coefficient (Wildman–Crippen LogP) is 2.71. The molecular weight excluding hydrogens is 360 g/mol. The SMILES string of the molecule is CCC1CN(C(=NC)NCc2cccc(NC(=O)C3CCCO3)c2)CCS1. The average Bonchev–Trinajstić information content (AvgIpc) is 3.24. The van der Waals surface area contributed by atoms with Crippen molar-refractivity contribution in [3.63, 3.8) is 0 Å². The number of anilines is 1. The van der Waals surface area contributed by atoms with E-state index in [2.05, 4.69) is 45.3 Å². The van der Waals surface area contributed by atoms with Gasteiger partial charge in [0.1, 0.15) is 6.10 Å². The van der Waals surface area contributed by atoms with Gasteiger partial charge in [0.15, 0.2) is 5.96 Å². The highest BCUT2D eigenvalue weighted by atomic mass is 32.2. The Bertz CT molecular complexity index is 661. The van der Waals surface area contributed by atoms with Crippen molar-refractivity contribution in [2.24, 2.45) is 4.99 Å². The lowest BCUT2D eigenvalue weighted by molar-refractivity contribution is -0.124. The first-order valence-corrected chi connectivity index (χ1v) is 10.8. The number of aliphatic imine (C=N–C) groups is 1. The quantitative estimate of drug-likeness (QED) is 0.598. The van der Waals surface area contributed by atoms with Gasteiger partial charge in [0, 0.05) is 50.0 Å². The zero-order chi connectivity index (χ0) is 19.1. The fourth-order valence-corrected chi connectivity index (χ4v) is 4.62. The summed E-state index contributed by atoms with van der Waals surface area (Å²) < 4.78 is 5.45. The number of thioether (sulfide) groups is 1. The van der Waals surface area contributed by atoms with E-state index in [0.717, 1.165) is 48.9 Å². The zero-order valence-corrected chi connectivity index (χ0v) is 17.1. The zero-order valence-electron chi connectivity index (χ0n) is 16.2. The Labute approximate surface area is 166 Å². The average molecular weight is 391 g/mol. The molecule has 0 radical (unpaired) electrons. The predicted molar refractivity (Wildman–Crippen MR) is 112 cm³/mol. The van der Waals surface area contributed by atoms with Gasteiger partial charge >= 0.3 is 0 Å². The van der Waals surface area contributed by atoms with Crippen molar-refractivity contribution < 1.29 is 9.53 Å². The topological polar surface area (TPSA) is 66.0 Å². The summed E-state index contributed by atoms with van der Waals surface area (Å²) in [5.74, 6) is 2.04. The van der Waals surface area contributed by atoms with E-state index >= 15 is 0 Å². The van der Waals surface area contributed by atoms with Gasteiger partial charge in [0.05, 0.1) is 0 Å². The lowest BCUT2D eigenvalue weighted by atomic mass is 10.2. The molecule has 27 heavy (non-hydrogen) atoms. The maximum atomic E-state index is 12.2. The summed E-state index contributed by atoms with van der Waals surface area (Å²) in [7, 11) is 1.84. The van der Waals surface area contributed by atoms with Crippen molar-refractivity contribution in [1.29, 1.82) is 0 Å². The van der Waals surface area contributed by atoms with Crippen molar-refractivity contribution in [1.82, 2.24) is 10.2 Å². The molecule has 0 aromatic heterocycles. The molecule has 2 aliphatic heterocycles. The van der Waals surface area contributed by atoms with Crippen LogP contribution in [0.5, 0.6) is 0 Å². The minimum Gasteiger partial charge on any atom is -0.368 e. The first-order valence-electron chi connectivity index (χ1n) is 9.78. The fraction of sp³-hybridized carbons (Fsp3) is 0.600. The number of hydrogen-bond acceptors (Lipinski definition) is 4. The van der Waals surface area contributed by atoms with Gasteiger partial charge in [-0.25, -0.2) is 0 Å². The van der Waals surface area contributed by atoms with Crippen molar-refractivity contribution in [3.05, 3.63) is 29.8 Å². The van der Waals surface area contributed by atoms with Gasteiger partial charge < -0.3 is 20.3 Å². The van der Waals surface area contributed by atoms with Gasteiger partial charge in [-0.2, -0.15) is 11.8 Å². The molecule has 2 aliphatic rings. The normalized spacial score (nSPS) is 23.3. The Morgan fingerprint density at radius 3 is 3.07 bits per heavy atom. The summed E-state index contributed by atoms with van der Waals surface area (Å²) in [5.41, 5.74) is 1.92. The number of amides is 1. The number of hydrogen-bond donors (Lipinski definition) is 2. The van der Waals surface area contributed by atoms with E-state index in [0.29, 0.717) is 18.4 Å². The summed E-state index contributed by atoms with van der Waals surface area (Å²) in [5, 5.41) is 7.11. The molecule has 2 atom stereocenters. The summed E-state index contributed by atoms with van der Waals surface area (Å²) in [6.45, 7) is 5.66. The van der Waals surface area contributed by atoms with Crippen LogP contribution in [0.25, 0.3) is 0 Å². The standard InChI is InChI=1S/C20H30N4O2S/c1-3-17-14-24(9-11-27-17)20(21-2)22-13-15-6-4-7-16(12-15)23-19(25)18-8-5-10-26-18/h4,6-7,12,17-18H,3,5,8-11,13-14H2,1-2H3,(H,21,22)(H,23,25). The van der Waals surface area contributed by atoms with Crippen molar-refractivity contribution in [2.75, 3.05) is 37.8 Å². The van der Waals surface area contributed by atoms with Crippen molar-refractivity contribution in [3.8, 4) is 0 Å². The maximum absolute atomic E-state index is 12.2. The first kappa shape index (κ1) is 20.0. The van der Waals surface area contributed by atoms with Crippen molar-refractivity contribution in [2.45, 2.75) is 44.1 Å². The van der Waals surface area contributed by atoms with Gasteiger partial charge in [0.2, 0.25) is 0 Å². The number of carbonyl (C=O) groups excluding carboxylic acids is 1. The van der Waals surface area contributed by atoms with E-state index in [9.17, 15) is 4.79 Å². The van der Waals surface area contributed by atoms with Crippen LogP contribution in [0.2, 0.25) is 0 Å². The Hall–Kier alpha value is -1.73. The highest BCUT2D eigenvalue weighted by Crippen LogP contribution is 2.21. The third kappa shape index (κ3) is 5.62. The van der Waals surface area contributed by atoms with Crippen LogP contribution >= 0.6 is 11.8 Å². The second-order valence-corrected chi connectivity index (χ2v) is 8.35. The first-order chi connectivity index (χ1) is 13.2. The van der Waals surface area contributed by atoms with E-state index in [1.54, 1.807) is 0 Å². The molecular formula is C20H30N4O2S.